The molecule has 1 atom stereocenters. The molecule has 0 fully saturated rings. The predicted octanol–water partition coefficient (Wildman–Crippen LogP) is 6.45. The van der Waals surface area contributed by atoms with E-state index < -0.39 is 17.5 Å². The molecular formula is C24H26F3N. The average Bonchev–Trinajstić information content (AvgIpc) is 2.67. The maximum Gasteiger partial charge on any atom is 0.141 e. The summed E-state index contributed by atoms with van der Waals surface area (Å²) in [4.78, 5) is 0. The van der Waals surface area contributed by atoms with Gasteiger partial charge in [0.15, 0.2) is 0 Å². The van der Waals surface area contributed by atoms with Crippen LogP contribution in [-0.4, -0.2) is 0 Å². The molecule has 0 saturated heterocycles. The Balaban J connectivity index is 1.63. The zero-order chi connectivity index (χ0) is 20.1. The van der Waals surface area contributed by atoms with Gasteiger partial charge in [0.25, 0.3) is 0 Å². The highest BCUT2D eigenvalue weighted by molar-refractivity contribution is 5.41. The zero-order valence-corrected chi connectivity index (χ0v) is 16.3. The average molecular weight is 385 g/mol. The van der Waals surface area contributed by atoms with Crippen LogP contribution in [0.2, 0.25) is 0 Å². The van der Waals surface area contributed by atoms with Gasteiger partial charge in [0.05, 0.1) is 5.56 Å². The molecule has 0 heterocycles. The highest BCUT2D eigenvalue weighted by Gasteiger charge is 2.22. The fraction of sp³-hybridized carbons (Fsp3) is 0.458. The molecule has 1 unspecified atom stereocenters. The van der Waals surface area contributed by atoms with Gasteiger partial charge in [-0.05, 0) is 91.8 Å². The van der Waals surface area contributed by atoms with Crippen molar-refractivity contribution >= 4 is 0 Å². The smallest absolute Gasteiger partial charge is 0.141 e. The van der Waals surface area contributed by atoms with Crippen molar-refractivity contribution in [2.24, 2.45) is 5.92 Å². The lowest BCUT2D eigenvalue weighted by atomic mass is 9.80. The van der Waals surface area contributed by atoms with Crippen molar-refractivity contribution in [3.8, 4) is 6.07 Å². The molecule has 2 aromatic carbocycles. The van der Waals surface area contributed by atoms with E-state index in [9.17, 15) is 13.2 Å². The van der Waals surface area contributed by atoms with Crippen molar-refractivity contribution in [3.63, 3.8) is 0 Å². The van der Waals surface area contributed by atoms with Gasteiger partial charge in [-0.3, -0.25) is 0 Å². The summed E-state index contributed by atoms with van der Waals surface area (Å²) in [5.74, 6) is -1.12. The summed E-state index contributed by atoms with van der Waals surface area (Å²) < 4.78 is 42.7. The number of benzene rings is 2. The van der Waals surface area contributed by atoms with E-state index in [4.69, 9.17) is 5.26 Å². The molecule has 28 heavy (non-hydrogen) atoms. The first-order valence-corrected chi connectivity index (χ1v) is 10.2. The van der Waals surface area contributed by atoms with Crippen LogP contribution in [0, 0.1) is 34.7 Å². The molecule has 0 amide bonds. The number of unbranched alkanes of at least 4 members (excludes halogenated alkanes) is 2. The molecule has 0 aromatic heterocycles. The van der Waals surface area contributed by atoms with Crippen LogP contribution in [0.3, 0.4) is 0 Å². The number of hydrogen-bond acceptors (Lipinski definition) is 1. The minimum Gasteiger partial charge on any atom is -0.207 e. The van der Waals surface area contributed by atoms with Gasteiger partial charge in [-0.25, -0.2) is 13.2 Å². The number of halogens is 3. The Labute approximate surface area is 165 Å². The standard InChI is InChI=1S/C24H26F3N/c1-2-3-4-5-17-11-23(26)21(24(27)12-17)9-7-16-6-8-18-13-20(15-28)22(25)14-19(18)10-16/h11-14,16H,2-10H2,1H3. The van der Waals surface area contributed by atoms with Crippen molar-refractivity contribution in [3.05, 3.63) is 69.5 Å². The second kappa shape index (κ2) is 9.28. The summed E-state index contributed by atoms with van der Waals surface area (Å²) in [6.07, 6.45) is 7.17. The van der Waals surface area contributed by atoms with Crippen LogP contribution in [0.15, 0.2) is 24.3 Å². The first-order chi connectivity index (χ1) is 13.5. The van der Waals surface area contributed by atoms with Crippen LogP contribution < -0.4 is 0 Å². The third-order valence-corrected chi connectivity index (χ3v) is 5.81. The predicted molar refractivity (Wildman–Crippen MR) is 105 cm³/mol. The molecule has 0 radical (unpaired) electrons. The molecule has 0 N–H and O–H groups in total. The molecule has 1 nitrogen and oxygen atoms in total. The van der Waals surface area contributed by atoms with Crippen LogP contribution >= 0.6 is 0 Å². The van der Waals surface area contributed by atoms with E-state index in [0.717, 1.165) is 48.8 Å². The highest BCUT2D eigenvalue weighted by atomic mass is 19.1. The van der Waals surface area contributed by atoms with Crippen LogP contribution in [0.5, 0.6) is 0 Å². The van der Waals surface area contributed by atoms with E-state index in [1.807, 2.05) is 6.07 Å². The van der Waals surface area contributed by atoms with E-state index in [1.54, 1.807) is 6.07 Å². The highest BCUT2D eigenvalue weighted by Crippen LogP contribution is 2.31. The lowest BCUT2D eigenvalue weighted by molar-refractivity contribution is 0.417. The quantitative estimate of drug-likeness (QED) is 0.503. The normalized spacial score (nSPS) is 15.9. The zero-order valence-electron chi connectivity index (χ0n) is 16.3. The Morgan fingerprint density at radius 2 is 1.71 bits per heavy atom. The SMILES string of the molecule is CCCCCc1cc(F)c(CCC2CCc3cc(C#N)c(F)cc3C2)c(F)c1. The largest absolute Gasteiger partial charge is 0.207 e. The maximum absolute atomic E-state index is 14.4. The first kappa shape index (κ1) is 20.5. The summed E-state index contributed by atoms with van der Waals surface area (Å²) in [7, 11) is 0. The molecule has 1 aliphatic carbocycles. The van der Waals surface area contributed by atoms with Crippen molar-refractivity contribution in [2.45, 2.75) is 64.7 Å². The Bertz CT molecular complexity index is 859. The van der Waals surface area contributed by atoms with Gasteiger partial charge < -0.3 is 0 Å². The summed E-state index contributed by atoms with van der Waals surface area (Å²) in [5.41, 5.74) is 2.90. The van der Waals surface area contributed by atoms with E-state index >= 15 is 0 Å². The number of nitrogens with zero attached hydrogens (tertiary/aromatic N) is 1. The van der Waals surface area contributed by atoms with Crippen molar-refractivity contribution in [2.75, 3.05) is 0 Å². The summed E-state index contributed by atoms with van der Waals surface area (Å²) in [5, 5.41) is 8.95. The second-order valence-electron chi connectivity index (χ2n) is 7.86. The number of aryl methyl sites for hydroxylation is 2. The Morgan fingerprint density at radius 3 is 2.39 bits per heavy atom. The maximum atomic E-state index is 14.4. The van der Waals surface area contributed by atoms with Gasteiger partial charge >= 0.3 is 0 Å². The number of nitriles is 1. The van der Waals surface area contributed by atoms with Gasteiger partial charge in [-0.15, -0.1) is 0 Å². The summed E-state index contributed by atoms with van der Waals surface area (Å²) in [6.45, 7) is 2.10. The van der Waals surface area contributed by atoms with Crippen LogP contribution in [-0.2, 0) is 25.7 Å². The minimum absolute atomic E-state index is 0.0837. The van der Waals surface area contributed by atoms with E-state index in [2.05, 4.69) is 6.92 Å². The molecule has 148 valence electrons. The monoisotopic (exact) mass is 385 g/mol. The van der Waals surface area contributed by atoms with E-state index in [0.29, 0.717) is 25.7 Å². The molecule has 3 rings (SSSR count). The molecule has 4 heteroatoms. The van der Waals surface area contributed by atoms with Gasteiger partial charge in [0.1, 0.15) is 23.5 Å². The van der Waals surface area contributed by atoms with Crippen molar-refractivity contribution < 1.29 is 13.2 Å². The Hall–Kier alpha value is -2.28. The number of rotatable bonds is 7. The van der Waals surface area contributed by atoms with Gasteiger partial charge in [-0.1, -0.05) is 19.8 Å². The summed E-state index contributed by atoms with van der Waals surface area (Å²) in [6, 6.07) is 7.92. The van der Waals surface area contributed by atoms with Gasteiger partial charge in [0.2, 0.25) is 0 Å². The number of hydrogen-bond donors (Lipinski definition) is 0. The first-order valence-electron chi connectivity index (χ1n) is 10.2. The van der Waals surface area contributed by atoms with Crippen LogP contribution in [0.25, 0.3) is 0 Å². The molecule has 2 aromatic rings. The molecule has 0 saturated carbocycles. The minimum atomic E-state index is -0.488. The van der Waals surface area contributed by atoms with E-state index in [1.165, 1.54) is 18.2 Å². The van der Waals surface area contributed by atoms with Gasteiger partial charge in [-0.2, -0.15) is 5.26 Å². The second-order valence-corrected chi connectivity index (χ2v) is 7.86. The van der Waals surface area contributed by atoms with Crippen molar-refractivity contribution in [1.29, 1.82) is 5.26 Å². The van der Waals surface area contributed by atoms with E-state index in [-0.39, 0.29) is 17.0 Å². The Morgan fingerprint density at radius 1 is 0.964 bits per heavy atom. The van der Waals surface area contributed by atoms with Crippen LogP contribution in [0.4, 0.5) is 13.2 Å². The Kier molecular flexibility index (Phi) is 6.78. The fourth-order valence-electron chi connectivity index (χ4n) is 4.15. The lowest BCUT2D eigenvalue weighted by Crippen LogP contribution is -2.16. The molecule has 0 spiro atoms. The lowest BCUT2D eigenvalue weighted by Gasteiger charge is -2.25. The molecular weight excluding hydrogens is 359 g/mol. The molecule has 1 aliphatic rings. The van der Waals surface area contributed by atoms with Crippen molar-refractivity contribution in [1.82, 2.24) is 0 Å². The molecule has 0 bridgehead atoms. The third kappa shape index (κ3) is 4.76. The number of fused-ring (bicyclic) bond motifs is 1. The molecule has 0 aliphatic heterocycles. The van der Waals surface area contributed by atoms with Gasteiger partial charge in [0, 0.05) is 5.56 Å². The topological polar surface area (TPSA) is 23.8 Å². The summed E-state index contributed by atoms with van der Waals surface area (Å²) >= 11 is 0. The van der Waals surface area contributed by atoms with Crippen LogP contribution in [0.1, 0.15) is 66.8 Å². The fourth-order valence-corrected chi connectivity index (χ4v) is 4.15. The third-order valence-electron chi connectivity index (χ3n) is 5.81.